The quantitative estimate of drug-likeness (QED) is 0.573. The molecule has 9 heteroatoms. The lowest BCUT2D eigenvalue weighted by Crippen LogP contribution is -2.04. The van der Waals surface area contributed by atoms with E-state index < -0.39 is 9.84 Å². The predicted octanol–water partition coefficient (Wildman–Crippen LogP) is 3.95. The van der Waals surface area contributed by atoms with E-state index in [-0.39, 0.29) is 4.90 Å². The van der Waals surface area contributed by atoms with Crippen LogP contribution in [-0.2, 0) is 9.84 Å². The Morgan fingerprint density at radius 1 is 1.26 bits per heavy atom. The minimum absolute atomic E-state index is 0.195. The smallest absolute Gasteiger partial charge is 0.175 e. The fourth-order valence-electron chi connectivity index (χ4n) is 2.86. The Morgan fingerprint density at radius 2 is 2.04 bits per heavy atom. The molecule has 3 N–H and O–H groups in total. The molecule has 7 nitrogen and oxygen atoms in total. The number of aromatic amines is 1. The monoisotopic (exact) mass is 406 g/mol. The lowest BCUT2D eigenvalue weighted by Gasteiger charge is -2.14. The molecule has 2 aromatic heterocycles. The van der Waals surface area contributed by atoms with Gasteiger partial charge in [0.05, 0.1) is 33.8 Å². The highest BCUT2D eigenvalue weighted by Crippen LogP contribution is 2.36. The normalized spacial score (nSPS) is 14.3. The molecule has 2 heterocycles. The van der Waals surface area contributed by atoms with Gasteiger partial charge in [0, 0.05) is 30.6 Å². The van der Waals surface area contributed by atoms with Crippen molar-refractivity contribution in [2.24, 2.45) is 0 Å². The van der Waals surface area contributed by atoms with Crippen LogP contribution >= 0.6 is 11.6 Å². The summed E-state index contributed by atoms with van der Waals surface area (Å²) in [6.45, 7) is 0. The van der Waals surface area contributed by atoms with Crippen molar-refractivity contribution in [3.05, 3.63) is 35.5 Å². The number of sulfone groups is 1. The number of ether oxygens (including phenoxy) is 1. The molecule has 1 saturated carbocycles. The molecular weight excluding hydrogens is 388 g/mol. The predicted molar refractivity (Wildman–Crippen MR) is 107 cm³/mol. The van der Waals surface area contributed by atoms with Gasteiger partial charge in [0.2, 0.25) is 0 Å². The van der Waals surface area contributed by atoms with Crippen LogP contribution in [0.15, 0.2) is 35.4 Å². The molecule has 0 radical (unpaired) electrons. The number of hydrogen-bond acceptors (Lipinski definition) is 6. The van der Waals surface area contributed by atoms with E-state index in [2.05, 4.69) is 20.6 Å². The zero-order chi connectivity index (χ0) is 19.2. The molecule has 0 aliphatic heterocycles. The van der Waals surface area contributed by atoms with E-state index in [0.717, 1.165) is 30.2 Å². The van der Waals surface area contributed by atoms with E-state index in [0.29, 0.717) is 34.0 Å². The summed E-state index contributed by atoms with van der Waals surface area (Å²) in [4.78, 5) is 7.83. The number of benzene rings is 1. The van der Waals surface area contributed by atoms with E-state index in [4.69, 9.17) is 16.3 Å². The molecule has 0 atom stereocenters. The Labute approximate surface area is 162 Å². The van der Waals surface area contributed by atoms with Gasteiger partial charge in [-0.25, -0.2) is 13.4 Å². The number of methoxy groups -OCH3 is 1. The van der Waals surface area contributed by atoms with Gasteiger partial charge < -0.3 is 20.4 Å². The van der Waals surface area contributed by atoms with Gasteiger partial charge in [-0.3, -0.25) is 0 Å². The molecule has 3 aromatic rings. The van der Waals surface area contributed by atoms with Crippen molar-refractivity contribution in [2.45, 2.75) is 23.8 Å². The van der Waals surface area contributed by atoms with E-state index >= 15 is 0 Å². The highest BCUT2D eigenvalue weighted by Gasteiger charge is 2.23. The van der Waals surface area contributed by atoms with Crippen LogP contribution in [-0.4, -0.2) is 37.8 Å². The van der Waals surface area contributed by atoms with E-state index in [1.54, 1.807) is 12.3 Å². The second-order valence-corrected chi connectivity index (χ2v) is 9.02. The maximum absolute atomic E-state index is 11.8. The average molecular weight is 407 g/mol. The Morgan fingerprint density at radius 3 is 2.70 bits per heavy atom. The summed E-state index contributed by atoms with van der Waals surface area (Å²) < 4.78 is 28.9. The minimum Gasteiger partial charge on any atom is -0.495 e. The number of rotatable bonds is 6. The molecule has 0 unspecified atom stereocenters. The van der Waals surface area contributed by atoms with Crippen LogP contribution in [0.1, 0.15) is 12.8 Å². The number of fused-ring (bicyclic) bond motifs is 1. The topological polar surface area (TPSA) is 96.1 Å². The van der Waals surface area contributed by atoms with Crippen LogP contribution < -0.4 is 15.4 Å². The minimum atomic E-state index is -3.32. The average Bonchev–Trinajstić information content (AvgIpc) is 3.35. The zero-order valence-electron chi connectivity index (χ0n) is 14.8. The van der Waals surface area contributed by atoms with Gasteiger partial charge in [0.25, 0.3) is 0 Å². The molecule has 0 amide bonds. The molecule has 4 rings (SSSR count). The molecule has 1 aromatic carbocycles. The van der Waals surface area contributed by atoms with Crippen molar-refractivity contribution < 1.29 is 13.2 Å². The first-order valence-electron chi connectivity index (χ1n) is 8.44. The van der Waals surface area contributed by atoms with E-state index in [1.165, 1.54) is 19.2 Å². The summed E-state index contributed by atoms with van der Waals surface area (Å²) in [7, 11) is -1.82. The largest absolute Gasteiger partial charge is 0.495 e. The van der Waals surface area contributed by atoms with Crippen LogP contribution in [0.2, 0.25) is 5.02 Å². The van der Waals surface area contributed by atoms with Crippen LogP contribution in [0.25, 0.3) is 11.0 Å². The molecule has 27 heavy (non-hydrogen) atoms. The lowest BCUT2D eigenvalue weighted by atomic mass is 10.2. The third-order valence-corrected chi connectivity index (χ3v) is 5.80. The maximum atomic E-state index is 11.8. The molecule has 0 bridgehead atoms. The van der Waals surface area contributed by atoms with Gasteiger partial charge in [-0.1, -0.05) is 11.6 Å². The summed E-state index contributed by atoms with van der Waals surface area (Å²) in [5, 5.41) is 8.15. The van der Waals surface area contributed by atoms with Crippen molar-refractivity contribution in [2.75, 3.05) is 24.0 Å². The number of aromatic nitrogens is 2. The number of halogens is 1. The van der Waals surface area contributed by atoms with Crippen molar-refractivity contribution >= 4 is 49.7 Å². The van der Waals surface area contributed by atoms with Crippen molar-refractivity contribution in [1.82, 2.24) is 9.97 Å². The third-order valence-electron chi connectivity index (χ3n) is 4.39. The van der Waals surface area contributed by atoms with Crippen molar-refractivity contribution in [3.8, 4) is 5.75 Å². The van der Waals surface area contributed by atoms with Gasteiger partial charge in [-0.05, 0) is 25.0 Å². The maximum Gasteiger partial charge on any atom is 0.175 e. The van der Waals surface area contributed by atoms with Crippen LogP contribution in [0.5, 0.6) is 5.75 Å². The van der Waals surface area contributed by atoms with Gasteiger partial charge in [-0.2, -0.15) is 0 Å². The Hall–Kier alpha value is -2.45. The number of pyridine rings is 1. The Balaban J connectivity index is 1.73. The number of anilines is 3. The SMILES string of the molecule is COc1cc(S(C)(=O)=O)ccc1Nc1cc(NC2CC2)c2c(Cl)c[nH]c2n1. The first-order valence-corrected chi connectivity index (χ1v) is 10.7. The summed E-state index contributed by atoms with van der Waals surface area (Å²) in [5.74, 6) is 1.01. The summed E-state index contributed by atoms with van der Waals surface area (Å²) in [6.07, 6.45) is 5.14. The highest BCUT2D eigenvalue weighted by atomic mass is 35.5. The lowest BCUT2D eigenvalue weighted by molar-refractivity contribution is 0.415. The van der Waals surface area contributed by atoms with Crippen LogP contribution in [0.4, 0.5) is 17.2 Å². The molecule has 0 saturated heterocycles. The summed E-state index contributed by atoms with van der Waals surface area (Å²) in [5.41, 5.74) is 2.19. The second kappa shape index (κ2) is 6.61. The van der Waals surface area contributed by atoms with E-state index in [1.807, 2.05) is 6.07 Å². The van der Waals surface area contributed by atoms with Gasteiger partial charge in [-0.15, -0.1) is 0 Å². The number of hydrogen-bond donors (Lipinski definition) is 3. The van der Waals surface area contributed by atoms with Gasteiger partial charge >= 0.3 is 0 Å². The fraction of sp³-hybridized carbons (Fsp3) is 0.278. The molecule has 142 valence electrons. The highest BCUT2D eigenvalue weighted by molar-refractivity contribution is 7.90. The second-order valence-electron chi connectivity index (χ2n) is 6.59. The Kier molecular flexibility index (Phi) is 4.39. The van der Waals surface area contributed by atoms with Crippen LogP contribution in [0, 0.1) is 0 Å². The van der Waals surface area contributed by atoms with Crippen LogP contribution in [0.3, 0.4) is 0 Å². The first kappa shape index (κ1) is 17.9. The third kappa shape index (κ3) is 3.68. The Bertz CT molecular complexity index is 1120. The molecule has 1 aliphatic carbocycles. The number of nitrogens with one attached hydrogen (secondary N) is 3. The van der Waals surface area contributed by atoms with Gasteiger partial charge in [0.15, 0.2) is 9.84 Å². The van der Waals surface area contributed by atoms with E-state index in [9.17, 15) is 8.42 Å². The summed E-state index contributed by atoms with van der Waals surface area (Å²) >= 11 is 6.29. The fourth-order valence-corrected chi connectivity index (χ4v) is 3.75. The molecular formula is C18H19ClN4O3S. The molecule has 0 spiro atoms. The van der Waals surface area contributed by atoms with Crippen molar-refractivity contribution in [3.63, 3.8) is 0 Å². The summed E-state index contributed by atoms with van der Waals surface area (Å²) in [6, 6.07) is 7.04. The molecule has 1 fully saturated rings. The first-order chi connectivity index (χ1) is 12.8. The number of nitrogens with zero attached hydrogens (tertiary/aromatic N) is 1. The standard InChI is InChI=1S/C18H19ClN4O3S/c1-26-15-7-11(27(2,24)25)5-6-13(15)22-16-8-14(21-10-3-4-10)17-12(19)9-20-18(17)23-16/h5-10H,3-4H2,1-2H3,(H3,20,21,22,23). The zero-order valence-corrected chi connectivity index (χ0v) is 16.4. The number of H-pyrrole nitrogens is 1. The van der Waals surface area contributed by atoms with Crippen molar-refractivity contribution in [1.29, 1.82) is 0 Å². The molecule has 1 aliphatic rings. The van der Waals surface area contributed by atoms with Gasteiger partial charge in [0.1, 0.15) is 17.2 Å².